The van der Waals surface area contributed by atoms with Gasteiger partial charge in [0.2, 0.25) is 5.91 Å². The van der Waals surface area contributed by atoms with Crippen LogP contribution in [0.1, 0.15) is 33.6 Å². The lowest BCUT2D eigenvalue weighted by molar-refractivity contribution is -0.130. The molecule has 1 amide bonds. The van der Waals surface area contributed by atoms with E-state index in [1.54, 1.807) is 0 Å². The zero-order chi connectivity index (χ0) is 9.35. The molecule has 0 N–H and O–H groups in total. The van der Waals surface area contributed by atoms with Crippen LogP contribution in [-0.2, 0) is 4.79 Å². The van der Waals surface area contributed by atoms with Crippen LogP contribution in [0.4, 0.5) is 0 Å². The lowest BCUT2D eigenvalue weighted by Crippen LogP contribution is -2.45. The van der Waals surface area contributed by atoms with Crippen molar-refractivity contribution in [2.24, 2.45) is 0 Å². The topological polar surface area (TPSA) is 20.3 Å². The Morgan fingerprint density at radius 2 is 2.25 bits per heavy atom. The molecule has 0 saturated carbocycles. The molecule has 0 aromatic rings. The van der Waals surface area contributed by atoms with E-state index in [2.05, 4.69) is 27.4 Å². The second-order valence-corrected chi connectivity index (χ2v) is 4.11. The number of hydrogen-bond donors (Lipinski definition) is 0. The van der Waals surface area contributed by atoms with Crippen LogP contribution in [0, 0.1) is 0 Å². The molecule has 68 valence electrons. The normalized spacial score (nSPS) is 27.2. The highest BCUT2D eigenvalue weighted by molar-refractivity contribution is 5.88. The molecule has 0 bridgehead atoms. The van der Waals surface area contributed by atoms with E-state index in [9.17, 15) is 4.79 Å². The molecule has 1 rings (SSSR count). The molecule has 2 heteroatoms. The molecule has 0 aromatic carbocycles. The molecule has 1 saturated heterocycles. The number of rotatable bonds is 1. The van der Waals surface area contributed by atoms with Gasteiger partial charge in [-0.3, -0.25) is 4.79 Å². The minimum Gasteiger partial charge on any atom is -0.331 e. The Bertz CT molecular complexity index is 208. The Hall–Kier alpha value is -0.790. The van der Waals surface area contributed by atoms with E-state index in [4.69, 9.17) is 0 Å². The molecule has 1 aliphatic rings. The van der Waals surface area contributed by atoms with Crippen LogP contribution in [0.3, 0.4) is 0 Å². The van der Waals surface area contributed by atoms with Gasteiger partial charge in [0, 0.05) is 11.6 Å². The Morgan fingerprint density at radius 3 is 2.58 bits per heavy atom. The van der Waals surface area contributed by atoms with E-state index in [-0.39, 0.29) is 11.4 Å². The first-order valence-electron chi connectivity index (χ1n) is 4.45. The van der Waals surface area contributed by atoms with Crippen molar-refractivity contribution in [2.45, 2.75) is 45.2 Å². The second-order valence-electron chi connectivity index (χ2n) is 4.11. The molecule has 1 fully saturated rings. The van der Waals surface area contributed by atoms with E-state index < -0.39 is 0 Å². The van der Waals surface area contributed by atoms with Crippen LogP contribution in [0.25, 0.3) is 0 Å². The fraction of sp³-hybridized carbons (Fsp3) is 0.700. The quantitative estimate of drug-likeness (QED) is 0.547. The summed E-state index contributed by atoms with van der Waals surface area (Å²) in [6, 6.07) is 0.366. The van der Waals surface area contributed by atoms with Gasteiger partial charge >= 0.3 is 0 Å². The van der Waals surface area contributed by atoms with Crippen molar-refractivity contribution in [3.8, 4) is 0 Å². The number of carbonyl (C=O) groups is 1. The van der Waals surface area contributed by atoms with Crippen LogP contribution in [0.2, 0.25) is 0 Å². The first-order valence-corrected chi connectivity index (χ1v) is 4.45. The van der Waals surface area contributed by atoms with Crippen molar-refractivity contribution >= 4 is 5.91 Å². The molecule has 1 unspecified atom stereocenters. The smallest absolute Gasteiger partial charge is 0.246 e. The van der Waals surface area contributed by atoms with Gasteiger partial charge in [-0.15, -0.1) is 0 Å². The van der Waals surface area contributed by atoms with Gasteiger partial charge in [-0.25, -0.2) is 0 Å². The Morgan fingerprint density at radius 1 is 1.67 bits per heavy atom. The van der Waals surface area contributed by atoms with E-state index >= 15 is 0 Å². The fourth-order valence-corrected chi connectivity index (χ4v) is 2.02. The average molecular weight is 167 g/mol. The highest BCUT2D eigenvalue weighted by atomic mass is 16.2. The first-order chi connectivity index (χ1) is 5.49. The van der Waals surface area contributed by atoms with Crippen molar-refractivity contribution in [1.82, 2.24) is 4.90 Å². The number of nitrogens with zero attached hydrogens (tertiary/aromatic N) is 1. The van der Waals surface area contributed by atoms with Crippen LogP contribution >= 0.6 is 0 Å². The van der Waals surface area contributed by atoms with Gasteiger partial charge in [0.05, 0.1) is 0 Å². The zero-order valence-electron chi connectivity index (χ0n) is 8.13. The molecule has 1 aliphatic heterocycles. The maximum Gasteiger partial charge on any atom is 0.246 e. The Kier molecular flexibility index (Phi) is 2.27. The van der Waals surface area contributed by atoms with Gasteiger partial charge in [0.1, 0.15) is 0 Å². The molecule has 1 heterocycles. The number of hydrogen-bond acceptors (Lipinski definition) is 1. The molecule has 0 aromatic heterocycles. The van der Waals surface area contributed by atoms with Crippen molar-refractivity contribution in [1.29, 1.82) is 0 Å². The predicted molar refractivity (Wildman–Crippen MR) is 49.8 cm³/mol. The predicted octanol–water partition coefficient (Wildman–Crippen LogP) is 1.96. The first kappa shape index (κ1) is 9.30. The Balaban J connectivity index is 2.84. The van der Waals surface area contributed by atoms with E-state index in [0.717, 1.165) is 12.8 Å². The highest BCUT2D eigenvalue weighted by Crippen LogP contribution is 2.33. The Labute approximate surface area is 74.2 Å². The van der Waals surface area contributed by atoms with Gasteiger partial charge < -0.3 is 4.90 Å². The summed E-state index contributed by atoms with van der Waals surface area (Å²) in [5.41, 5.74) is 0.0185. The SMILES string of the molecule is C=CC(=O)N1C(C)CCC1(C)C. The maximum absolute atomic E-state index is 11.4. The average Bonchev–Trinajstić information content (AvgIpc) is 2.25. The van der Waals surface area contributed by atoms with Gasteiger partial charge in [0.15, 0.2) is 0 Å². The van der Waals surface area contributed by atoms with Gasteiger partial charge in [0.25, 0.3) is 0 Å². The third-order valence-corrected chi connectivity index (χ3v) is 2.68. The molecule has 0 spiro atoms. The van der Waals surface area contributed by atoms with Crippen LogP contribution in [0.5, 0.6) is 0 Å². The van der Waals surface area contributed by atoms with E-state index in [0.29, 0.717) is 6.04 Å². The summed E-state index contributed by atoms with van der Waals surface area (Å²) >= 11 is 0. The molecule has 1 atom stereocenters. The van der Waals surface area contributed by atoms with E-state index in [1.807, 2.05) is 4.90 Å². The number of likely N-dealkylation sites (tertiary alicyclic amines) is 1. The van der Waals surface area contributed by atoms with E-state index in [1.165, 1.54) is 6.08 Å². The highest BCUT2D eigenvalue weighted by Gasteiger charge is 2.38. The van der Waals surface area contributed by atoms with Crippen LogP contribution in [0.15, 0.2) is 12.7 Å². The van der Waals surface area contributed by atoms with Gasteiger partial charge in [-0.05, 0) is 39.7 Å². The lowest BCUT2D eigenvalue weighted by Gasteiger charge is -2.33. The van der Waals surface area contributed by atoms with Crippen molar-refractivity contribution < 1.29 is 4.79 Å². The molecular weight excluding hydrogens is 150 g/mol. The van der Waals surface area contributed by atoms with Crippen LogP contribution < -0.4 is 0 Å². The molecular formula is C10H17NO. The molecule has 0 aliphatic carbocycles. The summed E-state index contributed by atoms with van der Waals surface area (Å²) in [4.78, 5) is 13.4. The summed E-state index contributed by atoms with van der Waals surface area (Å²) in [7, 11) is 0. The molecule has 0 radical (unpaired) electrons. The van der Waals surface area contributed by atoms with Crippen molar-refractivity contribution in [3.05, 3.63) is 12.7 Å². The fourth-order valence-electron chi connectivity index (χ4n) is 2.02. The van der Waals surface area contributed by atoms with Gasteiger partial charge in [-0.1, -0.05) is 6.58 Å². The van der Waals surface area contributed by atoms with Crippen molar-refractivity contribution in [3.63, 3.8) is 0 Å². The summed E-state index contributed by atoms with van der Waals surface area (Å²) in [5.74, 6) is 0.0602. The van der Waals surface area contributed by atoms with Crippen LogP contribution in [-0.4, -0.2) is 22.4 Å². The minimum absolute atomic E-state index is 0.0185. The second kappa shape index (κ2) is 2.92. The standard InChI is InChI=1S/C10H17NO/c1-5-9(12)11-8(2)6-7-10(11,3)4/h5,8H,1,6-7H2,2-4H3. The molecule has 2 nitrogen and oxygen atoms in total. The largest absolute Gasteiger partial charge is 0.331 e. The zero-order valence-corrected chi connectivity index (χ0v) is 8.13. The number of amides is 1. The lowest BCUT2D eigenvalue weighted by atomic mass is 10.0. The maximum atomic E-state index is 11.4. The monoisotopic (exact) mass is 167 g/mol. The van der Waals surface area contributed by atoms with Crippen molar-refractivity contribution in [2.75, 3.05) is 0 Å². The van der Waals surface area contributed by atoms with Gasteiger partial charge in [-0.2, -0.15) is 0 Å². The third-order valence-electron chi connectivity index (χ3n) is 2.68. The third kappa shape index (κ3) is 1.38. The summed E-state index contributed by atoms with van der Waals surface area (Å²) < 4.78 is 0. The summed E-state index contributed by atoms with van der Waals surface area (Å²) in [5, 5.41) is 0. The summed E-state index contributed by atoms with van der Waals surface area (Å²) in [6.07, 6.45) is 3.60. The molecule has 12 heavy (non-hydrogen) atoms. The minimum atomic E-state index is 0.0185. The number of carbonyl (C=O) groups excluding carboxylic acids is 1. The summed E-state index contributed by atoms with van der Waals surface area (Å²) in [6.45, 7) is 9.83.